The lowest BCUT2D eigenvalue weighted by molar-refractivity contribution is -0.384. The van der Waals surface area contributed by atoms with Crippen molar-refractivity contribution < 1.29 is 34.3 Å². The van der Waals surface area contributed by atoms with Crippen LogP contribution in [0.15, 0.2) is 47.4 Å². The van der Waals surface area contributed by atoms with Crippen molar-refractivity contribution in [2.75, 3.05) is 11.9 Å². The Kier molecular flexibility index (Phi) is 6.59. The number of nitrogens with zero attached hydrogens (tertiary/aromatic N) is 3. The van der Waals surface area contributed by atoms with E-state index in [9.17, 15) is 29.3 Å². The maximum Gasteiger partial charge on any atom is 0.411 e. The number of carbonyl (C=O) groups is 3. The third kappa shape index (κ3) is 5.40. The summed E-state index contributed by atoms with van der Waals surface area (Å²) in [5.74, 6) is -2.57. The zero-order valence-electron chi connectivity index (χ0n) is 18.5. The molecule has 0 bridgehead atoms. The molecule has 2 heterocycles. The summed E-state index contributed by atoms with van der Waals surface area (Å²) in [5, 5.41) is 32.1. The molecule has 0 radical (unpaired) electrons. The van der Waals surface area contributed by atoms with Gasteiger partial charge < -0.3 is 24.9 Å². The number of nitro benzene ring substituents is 1. The van der Waals surface area contributed by atoms with E-state index in [-0.39, 0.29) is 41.0 Å². The lowest BCUT2D eigenvalue weighted by atomic mass is 10.1. The van der Waals surface area contributed by atoms with Crippen LogP contribution in [0.1, 0.15) is 26.5 Å². The fraction of sp³-hybridized carbons (Fsp3) is 0.0909. The Morgan fingerprint density at radius 2 is 1.81 bits per heavy atom. The number of rotatable bonds is 8. The van der Waals surface area contributed by atoms with Crippen molar-refractivity contribution in [3.8, 4) is 11.4 Å². The summed E-state index contributed by atoms with van der Waals surface area (Å²) >= 11 is 0. The number of carboxylic acids is 2. The first-order chi connectivity index (χ1) is 17.6. The molecule has 15 heteroatoms. The van der Waals surface area contributed by atoms with Gasteiger partial charge in [0.2, 0.25) is 5.69 Å². The number of aromatic carboxylic acids is 2. The number of carbonyl (C=O) groups excluding carboxylic acids is 1. The summed E-state index contributed by atoms with van der Waals surface area (Å²) in [5.41, 5.74) is -1.37. The largest absolute Gasteiger partial charge is 0.478 e. The van der Waals surface area contributed by atoms with Crippen LogP contribution >= 0.6 is 0 Å². The average Bonchev–Trinajstić information content (AvgIpc) is 3.31. The van der Waals surface area contributed by atoms with Gasteiger partial charge in [0.15, 0.2) is 0 Å². The number of amides is 1. The summed E-state index contributed by atoms with van der Waals surface area (Å²) in [7, 11) is 0. The first kappa shape index (κ1) is 24.5. The van der Waals surface area contributed by atoms with Crippen LogP contribution in [0.2, 0.25) is 0 Å². The van der Waals surface area contributed by atoms with Crippen LogP contribution in [-0.4, -0.2) is 59.7 Å². The molecule has 0 aliphatic carbocycles. The van der Waals surface area contributed by atoms with Crippen LogP contribution in [0, 0.1) is 10.1 Å². The summed E-state index contributed by atoms with van der Waals surface area (Å²) in [6.07, 6.45) is 0.828. The molecule has 2 aromatic heterocycles. The van der Waals surface area contributed by atoms with E-state index in [0.717, 1.165) is 6.07 Å². The molecule has 4 rings (SSSR count). The Morgan fingerprint density at radius 3 is 2.46 bits per heavy atom. The zero-order valence-corrected chi connectivity index (χ0v) is 18.5. The number of nitrogens with one attached hydrogen (secondary N) is 3. The topological polar surface area (TPSA) is 230 Å². The first-order valence-corrected chi connectivity index (χ1v) is 10.4. The molecule has 0 spiro atoms. The molecule has 1 amide bonds. The van der Waals surface area contributed by atoms with Crippen LogP contribution in [0.4, 0.5) is 16.2 Å². The molecular weight excluding hydrogens is 492 g/mol. The van der Waals surface area contributed by atoms with Gasteiger partial charge in [-0.25, -0.2) is 24.4 Å². The van der Waals surface area contributed by atoms with Crippen LogP contribution in [0.5, 0.6) is 0 Å². The number of aromatic amines is 2. The SMILES string of the molecule is O=C(Nc1ccc(C(=O)O)cc1)OCCc1c[nH]c(-c2cc3nc(C(=O)O)c(=O)[nH]c3cc2[N+](=O)[O-])n1. The van der Waals surface area contributed by atoms with Crippen molar-refractivity contribution in [2.24, 2.45) is 0 Å². The van der Waals surface area contributed by atoms with E-state index < -0.39 is 39.9 Å². The highest BCUT2D eigenvalue weighted by Crippen LogP contribution is 2.31. The van der Waals surface area contributed by atoms with Crippen LogP contribution in [0.3, 0.4) is 0 Å². The van der Waals surface area contributed by atoms with Crippen LogP contribution < -0.4 is 10.9 Å². The number of ether oxygens (including phenoxy) is 1. The van der Waals surface area contributed by atoms with Crippen molar-refractivity contribution in [1.82, 2.24) is 19.9 Å². The predicted octanol–water partition coefficient (Wildman–Crippen LogP) is 2.41. The number of fused-ring (bicyclic) bond motifs is 1. The summed E-state index contributed by atoms with van der Waals surface area (Å²) in [6.45, 7) is -0.0894. The smallest absolute Gasteiger partial charge is 0.411 e. The van der Waals surface area contributed by atoms with Crippen molar-refractivity contribution in [1.29, 1.82) is 0 Å². The van der Waals surface area contributed by atoms with Gasteiger partial charge >= 0.3 is 18.0 Å². The number of benzene rings is 2. The van der Waals surface area contributed by atoms with E-state index in [1.54, 1.807) is 0 Å². The van der Waals surface area contributed by atoms with Crippen molar-refractivity contribution in [3.05, 3.63) is 80.0 Å². The molecular formula is C22H16N6O9. The summed E-state index contributed by atoms with van der Waals surface area (Å²) in [4.78, 5) is 69.9. The molecule has 4 aromatic rings. The number of hydrogen-bond acceptors (Lipinski definition) is 9. The number of hydrogen-bond donors (Lipinski definition) is 5. The van der Waals surface area contributed by atoms with Gasteiger partial charge in [0, 0.05) is 24.4 Å². The van der Waals surface area contributed by atoms with E-state index in [1.165, 1.54) is 36.5 Å². The molecule has 37 heavy (non-hydrogen) atoms. The monoisotopic (exact) mass is 508 g/mol. The molecule has 0 unspecified atom stereocenters. The second kappa shape index (κ2) is 9.95. The third-order valence-electron chi connectivity index (χ3n) is 5.06. The molecule has 0 saturated carbocycles. The van der Waals surface area contributed by atoms with Gasteiger partial charge in [-0.2, -0.15) is 0 Å². The first-order valence-electron chi connectivity index (χ1n) is 10.4. The van der Waals surface area contributed by atoms with Gasteiger partial charge in [0.1, 0.15) is 5.82 Å². The van der Waals surface area contributed by atoms with Gasteiger partial charge in [0.25, 0.3) is 11.2 Å². The molecule has 0 saturated heterocycles. The molecule has 5 N–H and O–H groups in total. The van der Waals surface area contributed by atoms with E-state index >= 15 is 0 Å². The predicted molar refractivity (Wildman–Crippen MR) is 126 cm³/mol. The number of carboxylic acid groups (broad SMARTS) is 2. The van der Waals surface area contributed by atoms with Crippen LogP contribution in [-0.2, 0) is 11.2 Å². The lowest BCUT2D eigenvalue weighted by Crippen LogP contribution is -2.19. The molecule has 0 aliphatic rings. The normalized spacial score (nSPS) is 10.7. The minimum absolute atomic E-state index is 0.00288. The number of anilines is 1. The minimum atomic E-state index is -1.55. The Morgan fingerprint density at radius 1 is 1.08 bits per heavy atom. The fourth-order valence-corrected chi connectivity index (χ4v) is 3.33. The number of H-pyrrole nitrogens is 2. The minimum Gasteiger partial charge on any atom is -0.478 e. The highest BCUT2D eigenvalue weighted by Gasteiger charge is 2.22. The van der Waals surface area contributed by atoms with E-state index in [1.807, 2.05) is 0 Å². The van der Waals surface area contributed by atoms with Crippen LogP contribution in [0.25, 0.3) is 22.4 Å². The average molecular weight is 508 g/mol. The fourth-order valence-electron chi connectivity index (χ4n) is 3.33. The van der Waals surface area contributed by atoms with E-state index in [4.69, 9.17) is 14.9 Å². The molecule has 188 valence electrons. The zero-order chi connectivity index (χ0) is 26.7. The molecule has 0 fully saturated rings. The summed E-state index contributed by atoms with van der Waals surface area (Å²) < 4.78 is 5.08. The Hall–Kier alpha value is -5.60. The molecule has 2 aromatic carbocycles. The van der Waals surface area contributed by atoms with E-state index in [0.29, 0.717) is 11.4 Å². The highest BCUT2D eigenvalue weighted by molar-refractivity contribution is 5.91. The summed E-state index contributed by atoms with van der Waals surface area (Å²) in [6, 6.07) is 7.76. The van der Waals surface area contributed by atoms with Gasteiger partial charge in [-0.05, 0) is 30.3 Å². The standard InChI is InChI=1S/C22H16N6O9/c29-19-17(21(32)33)26-14-7-13(16(28(35)36)8-15(14)27-19)18-23-9-12(24-18)5-6-37-22(34)25-11-3-1-10(2-4-11)20(30)31/h1-4,7-9H,5-6H2,(H,23,24)(H,25,34)(H,27,29)(H,30,31)(H,32,33). The number of nitro groups is 1. The quantitative estimate of drug-likeness (QED) is 0.171. The van der Waals surface area contributed by atoms with E-state index in [2.05, 4.69) is 25.3 Å². The van der Waals surface area contributed by atoms with Gasteiger partial charge in [-0.1, -0.05) is 0 Å². The van der Waals surface area contributed by atoms with Gasteiger partial charge in [-0.3, -0.25) is 20.2 Å². The third-order valence-corrected chi connectivity index (χ3v) is 5.06. The second-order valence-electron chi connectivity index (χ2n) is 7.50. The number of imidazole rings is 1. The molecule has 0 atom stereocenters. The number of aromatic nitrogens is 4. The Labute approximate surface area is 204 Å². The maximum absolute atomic E-state index is 12.0. The molecule has 0 aliphatic heterocycles. The Bertz CT molecular complexity index is 1610. The van der Waals surface area contributed by atoms with Crippen molar-refractivity contribution in [2.45, 2.75) is 6.42 Å². The van der Waals surface area contributed by atoms with Gasteiger partial charge in [-0.15, -0.1) is 0 Å². The lowest BCUT2D eigenvalue weighted by Gasteiger charge is -2.06. The van der Waals surface area contributed by atoms with Crippen molar-refractivity contribution in [3.63, 3.8) is 0 Å². The maximum atomic E-state index is 12.0. The second-order valence-corrected chi connectivity index (χ2v) is 7.50. The Balaban J connectivity index is 1.47. The van der Waals surface area contributed by atoms with Crippen molar-refractivity contribution >= 4 is 40.4 Å². The highest BCUT2D eigenvalue weighted by atomic mass is 16.6. The van der Waals surface area contributed by atoms with Gasteiger partial charge in [0.05, 0.1) is 39.4 Å². The molecule has 15 nitrogen and oxygen atoms in total.